The molecule has 0 bridgehead atoms. The topological polar surface area (TPSA) is 114 Å². The zero-order chi connectivity index (χ0) is 26.9. The first-order valence-electron chi connectivity index (χ1n) is 12.8. The third-order valence-corrected chi connectivity index (χ3v) is 8.82. The van der Waals surface area contributed by atoms with Crippen LogP contribution in [0.25, 0.3) is 22.3 Å². The zero-order valence-electron chi connectivity index (χ0n) is 22.0. The van der Waals surface area contributed by atoms with Gasteiger partial charge in [0.15, 0.2) is 0 Å². The Morgan fingerprint density at radius 1 is 1.08 bits per heavy atom. The number of carbonyl (C=O) groups is 1. The Balaban J connectivity index is 1.49. The van der Waals surface area contributed by atoms with E-state index in [-0.39, 0.29) is 12.2 Å². The molecule has 0 radical (unpaired) electrons. The van der Waals surface area contributed by atoms with Gasteiger partial charge in [-0.25, -0.2) is 14.8 Å². The van der Waals surface area contributed by atoms with E-state index in [2.05, 4.69) is 29.6 Å². The van der Waals surface area contributed by atoms with Crippen LogP contribution in [0.3, 0.4) is 0 Å². The van der Waals surface area contributed by atoms with Crippen molar-refractivity contribution in [2.75, 3.05) is 13.2 Å². The molecule has 198 valence electrons. The summed E-state index contributed by atoms with van der Waals surface area (Å²) in [7, 11) is -1.17. The quantitative estimate of drug-likeness (QED) is 0.256. The summed E-state index contributed by atoms with van der Waals surface area (Å²) in [5, 5.41) is 0.864. The number of hydrogen-bond acceptors (Lipinski definition) is 6. The number of pyridine rings is 1. The lowest BCUT2D eigenvalue weighted by atomic mass is 9.95. The summed E-state index contributed by atoms with van der Waals surface area (Å²) in [6.07, 6.45) is 5.51. The van der Waals surface area contributed by atoms with Gasteiger partial charge in [0.05, 0.1) is 11.2 Å². The third-order valence-electron chi connectivity index (χ3n) is 7.12. The van der Waals surface area contributed by atoms with Crippen molar-refractivity contribution in [3.8, 4) is 11.3 Å². The van der Waals surface area contributed by atoms with Crippen LogP contribution in [0.5, 0.6) is 0 Å². The number of nitrogens with two attached hydrogens (primary N) is 1. The van der Waals surface area contributed by atoms with Crippen molar-refractivity contribution in [2.24, 2.45) is 5.73 Å². The molecule has 1 aliphatic rings. The van der Waals surface area contributed by atoms with Crippen LogP contribution < -0.4 is 11.3 Å². The first-order valence-corrected chi connectivity index (χ1v) is 16.5. The maximum atomic E-state index is 13.2. The molecule has 1 amide bonds. The Bertz CT molecular complexity index is 1510. The Hall–Kier alpha value is -3.76. The third kappa shape index (κ3) is 5.27. The van der Waals surface area contributed by atoms with Gasteiger partial charge in [-0.1, -0.05) is 43.9 Å². The van der Waals surface area contributed by atoms with E-state index < -0.39 is 19.7 Å². The lowest BCUT2D eigenvalue weighted by Gasteiger charge is -2.31. The first-order chi connectivity index (χ1) is 18.2. The summed E-state index contributed by atoms with van der Waals surface area (Å²) in [6, 6.07) is 14.4. The van der Waals surface area contributed by atoms with Crippen molar-refractivity contribution in [1.82, 2.24) is 19.1 Å². The van der Waals surface area contributed by atoms with Crippen LogP contribution in [0.2, 0.25) is 25.7 Å². The molecule has 3 aromatic heterocycles. The summed E-state index contributed by atoms with van der Waals surface area (Å²) < 4.78 is 14.9. The highest BCUT2D eigenvalue weighted by Gasteiger charge is 2.41. The maximum Gasteiger partial charge on any atom is 0.404 e. The fourth-order valence-electron chi connectivity index (χ4n) is 5.10. The number of hydrogen-bond donors (Lipinski definition) is 1. The van der Waals surface area contributed by atoms with Crippen LogP contribution >= 0.6 is 0 Å². The van der Waals surface area contributed by atoms with Crippen molar-refractivity contribution in [2.45, 2.75) is 50.8 Å². The number of amides is 1. The molecule has 0 saturated carbocycles. The summed E-state index contributed by atoms with van der Waals surface area (Å²) in [6.45, 7) is 8.11. The van der Waals surface area contributed by atoms with Gasteiger partial charge in [-0.2, -0.15) is 0 Å². The highest BCUT2D eigenvalue weighted by Crippen LogP contribution is 2.36. The van der Waals surface area contributed by atoms with Crippen LogP contribution in [-0.2, 0) is 34.6 Å². The zero-order valence-corrected chi connectivity index (χ0v) is 23.0. The van der Waals surface area contributed by atoms with Crippen molar-refractivity contribution < 1.29 is 14.3 Å². The molecule has 38 heavy (non-hydrogen) atoms. The van der Waals surface area contributed by atoms with Crippen LogP contribution in [0, 0.1) is 0 Å². The average Bonchev–Trinajstić information content (AvgIpc) is 3.47. The Labute approximate surface area is 222 Å². The number of aromatic nitrogens is 4. The van der Waals surface area contributed by atoms with Gasteiger partial charge in [0, 0.05) is 56.9 Å². The number of primary amides is 1. The molecule has 5 rings (SSSR count). The molecule has 0 saturated heterocycles. The number of fused-ring (bicyclic) bond motifs is 2. The standard InChI is InChI=1S/C28H33N5O4Si/c1-38(2,3)13-12-36-19-32-11-10-23-25(30-18-31-26(23)32)22-8-9-24(34)33(16-22)28(17-37-27(29)35)14-20-6-4-5-7-21(20)15-28/h4-11,16,18H,12-15,17,19H2,1-3H3,(H2,29,35). The Morgan fingerprint density at radius 3 is 2.50 bits per heavy atom. The summed E-state index contributed by atoms with van der Waals surface area (Å²) >= 11 is 0. The normalized spacial score (nSPS) is 14.5. The lowest BCUT2D eigenvalue weighted by molar-refractivity contribution is 0.0899. The SMILES string of the molecule is C[Si](C)(C)CCOCn1ccc2c(-c3ccc(=O)n(C4(COC(N)=O)Cc5ccccc5C4)c3)ncnc21. The highest BCUT2D eigenvalue weighted by molar-refractivity contribution is 6.76. The lowest BCUT2D eigenvalue weighted by Crippen LogP contribution is -2.46. The summed E-state index contributed by atoms with van der Waals surface area (Å²) in [4.78, 5) is 33.8. The van der Waals surface area contributed by atoms with Gasteiger partial charge in [0.1, 0.15) is 25.3 Å². The number of carbonyl (C=O) groups excluding carboxylic acids is 1. The predicted molar refractivity (Wildman–Crippen MR) is 149 cm³/mol. The van der Waals surface area contributed by atoms with E-state index in [0.29, 0.717) is 25.3 Å². The van der Waals surface area contributed by atoms with E-state index in [4.69, 9.17) is 15.2 Å². The minimum absolute atomic E-state index is 0.00923. The van der Waals surface area contributed by atoms with Gasteiger partial charge >= 0.3 is 6.09 Å². The highest BCUT2D eigenvalue weighted by atomic mass is 28.3. The van der Waals surface area contributed by atoms with E-state index in [1.807, 2.05) is 47.3 Å². The van der Waals surface area contributed by atoms with E-state index in [1.165, 1.54) is 12.4 Å². The largest absolute Gasteiger partial charge is 0.447 e. The molecule has 2 N–H and O–H groups in total. The van der Waals surface area contributed by atoms with Crippen LogP contribution in [0.15, 0.2) is 66.0 Å². The van der Waals surface area contributed by atoms with Gasteiger partial charge in [0.25, 0.3) is 5.56 Å². The molecule has 0 unspecified atom stereocenters. The van der Waals surface area contributed by atoms with Crippen molar-refractivity contribution in [1.29, 1.82) is 0 Å². The predicted octanol–water partition coefficient (Wildman–Crippen LogP) is 4.16. The van der Waals surface area contributed by atoms with Crippen molar-refractivity contribution in [3.05, 3.63) is 82.7 Å². The Kier molecular flexibility index (Phi) is 6.93. The molecule has 10 heteroatoms. The monoisotopic (exact) mass is 531 g/mol. The van der Waals surface area contributed by atoms with Crippen LogP contribution in [-0.4, -0.2) is 46.5 Å². The fourth-order valence-corrected chi connectivity index (χ4v) is 5.86. The van der Waals surface area contributed by atoms with E-state index in [1.54, 1.807) is 10.6 Å². The van der Waals surface area contributed by atoms with Crippen LogP contribution in [0.1, 0.15) is 11.1 Å². The number of benzene rings is 1. The van der Waals surface area contributed by atoms with E-state index >= 15 is 0 Å². The summed E-state index contributed by atoms with van der Waals surface area (Å²) in [5.41, 5.74) is 8.84. The van der Waals surface area contributed by atoms with E-state index in [0.717, 1.165) is 40.4 Å². The fraction of sp³-hybridized carbons (Fsp3) is 0.357. The van der Waals surface area contributed by atoms with Gasteiger partial charge in [0.2, 0.25) is 0 Å². The molecule has 1 aliphatic carbocycles. The smallest absolute Gasteiger partial charge is 0.404 e. The average molecular weight is 532 g/mol. The molecule has 0 spiro atoms. The molecule has 9 nitrogen and oxygen atoms in total. The summed E-state index contributed by atoms with van der Waals surface area (Å²) in [5.74, 6) is 0. The van der Waals surface area contributed by atoms with Gasteiger partial charge in [-0.15, -0.1) is 0 Å². The number of nitrogens with zero attached hydrogens (tertiary/aromatic N) is 4. The molecule has 4 aromatic rings. The van der Waals surface area contributed by atoms with Gasteiger partial charge in [-0.3, -0.25) is 4.79 Å². The van der Waals surface area contributed by atoms with Gasteiger partial charge in [-0.05, 0) is 29.3 Å². The molecular weight excluding hydrogens is 498 g/mol. The molecule has 1 aromatic carbocycles. The molecule has 0 atom stereocenters. The Morgan fingerprint density at radius 2 is 1.82 bits per heavy atom. The first kappa shape index (κ1) is 25.9. The number of ether oxygens (including phenoxy) is 2. The molecule has 0 fully saturated rings. The maximum absolute atomic E-state index is 13.2. The number of rotatable bonds is 9. The molecule has 3 heterocycles. The minimum atomic E-state index is -1.17. The van der Waals surface area contributed by atoms with Crippen LogP contribution in [0.4, 0.5) is 4.79 Å². The van der Waals surface area contributed by atoms with Gasteiger partial charge < -0.3 is 24.3 Å². The second-order valence-corrected chi connectivity index (χ2v) is 16.8. The minimum Gasteiger partial charge on any atom is -0.447 e. The second-order valence-electron chi connectivity index (χ2n) is 11.2. The van der Waals surface area contributed by atoms with E-state index in [9.17, 15) is 9.59 Å². The second kappa shape index (κ2) is 10.2. The van der Waals surface area contributed by atoms with Crippen molar-refractivity contribution in [3.63, 3.8) is 0 Å². The van der Waals surface area contributed by atoms with Crippen molar-refractivity contribution >= 4 is 25.2 Å². The molecule has 0 aliphatic heterocycles. The molecular formula is C28H33N5O4Si.